The zero-order chi connectivity index (χ0) is 16.9. The molecule has 1 aliphatic heterocycles. The van der Waals surface area contributed by atoms with Crippen molar-refractivity contribution < 1.29 is 15.0 Å². The summed E-state index contributed by atoms with van der Waals surface area (Å²) in [5, 5.41) is 28.1. The van der Waals surface area contributed by atoms with E-state index in [2.05, 4.69) is 20.5 Å². The number of nitrogens with zero attached hydrogens (tertiary/aromatic N) is 4. The molecular formula is C16H19N5O3. The summed E-state index contributed by atoms with van der Waals surface area (Å²) in [5.74, 6) is 0.283. The summed E-state index contributed by atoms with van der Waals surface area (Å²) in [5.41, 5.74) is 1.65. The van der Waals surface area contributed by atoms with Crippen LogP contribution in [0.4, 0.5) is 0 Å². The lowest BCUT2D eigenvalue weighted by Crippen LogP contribution is -2.41. The van der Waals surface area contributed by atoms with Crippen LogP contribution in [-0.2, 0) is 4.79 Å². The van der Waals surface area contributed by atoms with Crippen molar-refractivity contribution in [3.63, 3.8) is 0 Å². The first-order chi connectivity index (χ1) is 11.6. The Bertz CT molecular complexity index is 695. The third-order valence-electron chi connectivity index (χ3n) is 3.95. The lowest BCUT2D eigenvalue weighted by molar-refractivity contribution is -0.134. The van der Waals surface area contributed by atoms with Gasteiger partial charge in [0.05, 0.1) is 24.5 Å². The molecule has 126 valence electrons. The molecule has 0 saturated carbocycles. The number of aliphatic hydroxyl groups is 2. The molecule has 1 aromatic heterocycles. The summed E-state index contributed by atoms with van der Waals surface area (Å²) in [6, 6.07) is 9.42. The number of hydrogen-bond donors (Lipinski definition) is 3. The van der Waals surface area contributed by atoms with Gasteiger partial charge in [0.1, 0.15) is 0 Å². The smallest absolute Gasteiger partial charge is 0.237 e. The largest absolute Gasteiger partial charge is 0.356 e. The molecule has 0 bridgehead atoms. The molecule has 1 aromatic carbocycles. The van der Waals surface area contributed by atoms with Crippen LogP contribution >= 0.6 is 0 Å². The van der Waals surface area contributed by atoms with Crippen LogP contribution in [0.2, 0.25) is 0 Å². The van der Waals surface area contributed by atoms with Gasteiger partial charge in [0.15, 0.2) is 5.82 Å². The molecule has 0 radical (unpaired) electrons. The highest BCUT2D eigenvalue weighted by Gasteiger charge is 2.32. The zero-order valence-electron chi connectivity index (χ0n) is 13.0. The van der Waals surface area contributed by atoms with E-state index in [0.717, 1.165) is 18.4 Å². The summed E-state index contributed by atoms with van der Waals surface area (Å²) in [6.07, 6.45) is 1.49. The Morgan fingerprint density at radius 3 is 2.88 bits per heavy atom. The van der Waals surface area contributed by atoms with Crippen molar-refractivity contribution in [2.45, 2.75) is 25.3 Å². The monoisotopic (exact) mass is 329 g/mol. The summed E-state index contributed by atoms with van der Waals surface area (Å²) in [4.78, 5) is 18.5. The molecule has 0 aliphatic carbocycles. The highest BCUT2D eigenvalue weighted by molar-refractivity contribution is 5.79. The van der Waals surface area contributed by atoms with Crippen molar-refractivity contribution in [2.75, 3.05) is 13.1 Å². The average molecular weight is 329 g/mol. The molecule has 1 aliphatic rings. The van der Waals surface area contributed by atoms with E-state index in [-0.39, 0.29) is 18.5 Å². The first kappa shape index (κ1) is 16.4. The molecule has 1 amide bonds. The van der Waals surface area contributed by atoms with Crippen molar-refractivity contribution >= 4 is 5.91 Å². The van der Waals surface area contributed by atoms with Crippen LogP contribution in [0.15, 0.2) is 36.5 Å². The number of rotatable bonds is 5. The molecule has 2 heterocycles. The van der Waals surface area contributed by atoms with E-state index in [9.17, 15) is 4.79 Å². The van der Waals surface area contributed by atoms with E-state index in [1.54, 1.807) is 11.1 Å². The van der Waals surface area contributed by atoms with E-state index in [1.807, 2.05) is 30.3 Å². The Morgan fingerprint density at radius 1 is 1.33 bits per heavy atom. The summed E-state index contributed by atoms with van der Waals surface area (Å²) in [6.45, 7) is 0.436. The minimum atomic E-state index is -1.71. The normalized spacial score (nSPS) is 17.5. The van der Waals surface area contributed by atoms with Gasteiger partial charge in [-0.1, -0.05) is 30.3 Å². The Hall–Kier alpha value is -2.42. The van der Waals surface area contributed by atoms with Gasteiger partial charge < -0.3 is 15.1 Å². The number of aromatic nitrogens is 3. The Kier molecular flexibility index (Phi) is 5.09. The van der Waals surface area contributed by atoms with Crippen LogP contribution in [-0.4, -0.2) is 55.7 Å². The topological polar surface area (TPSA) is 111 Å². The fourth-order valence-electron chi connectivity index (χ4n) is 2.82. The molecule has 3 rings (SSSR count). The first-order valence-corrected chi connectivity index (χ1v) is 7.79. The highest BCUT2D eigenvalue weighted by atomic mass is 16.5. The molecule has 1 fully saturated rings. The van der Waals surface area contributed by atoms with Gasteiger partial charge in [0, 0.05) is 12.1 Å². The van der Waals surface area contributed by atoms with E-state index >= 15 is 0 Å². The molecule has 8 nitrogen and oxygen atoms in total. The second-order valence-electron chi connectivity index (χ2n) is 5.57. The third-order valence-corrected chi connectivity index (χ3v) is 3.95. The van der Waals surface area contributed by atoms with Crippen molar-refractivity contribution in [1.82, 2.24) is 25.4 Å². The lowest BCUT2D eigenvalue weighted by atomic mass is 10.1. The fourth-order valence-corrected chi connectivity index (χ4v) is 2.82. The Labute approximate surface area is 139 Å². The standard InChI is InChI=1S/C16H19N5O3/c22-14(10-17-16(23)24)21-8-4-7-13(21)15-19-12(9-18-20-15)11-5-2-1-3-6-11/h1-3,5-6,9,13,16-17,23-24H,4,7-8,10H2/t13-/m0/s1. The van der Waals surface area contributed by atoms with Crippen molar-refractivity contribution in [3.8, 4) is 11.3 Å². The first-order valence-electron chi connectivity index (χ1n) is 7.79. The number of aliphatic hydroxyl groups excluding tert-OH is 1. The summed E-state index contributed by atoms with van der Waals surface area (Å²) < 4.78 is 0. The lowest BCUT2D eigenvalue weighted by Gasteiger charge is -2.23. The number of carbonyl (C=O) groups excluding carboxylic acids is 1. The molecule has 3 N–H and O–H groups in total. The van der Waals surface area contributed by atoms with Gasteiger partial charge in [-0.3, -0.25) is 10.1 Å². The van der Waals surface area contributed by atoms with Crippen LogP contribution in [0.25, 0.3) is 11.3 Å². The van der Waals surface area contributed by atoms with E-state index in [0.29, 0.717) is 18.1 Å². The minimum absolute atomic E-state index is 0.153. The molecule has 0 spiro atoms. The number of benzene rings is 1. The average Bonchev–Trinajstić information content (AvgIpc) is 3.10. The highest BCUT2D eigenvalue weighted by Crippen LogP contribution is 2.30. The molecule has 1 atom stereocenters. The van der Waals surface area contributed by atoms with Crippen LogP contribution < -0.4 is 5.32 Å². The maximum atomic E-state index is 12.3. The fraction of sp³-hybridized carbons (Fsp3) is 0.375. The maximum Gasteiger partial charge on any atom is 0.237 e. The van der Waals surface area contributed by atoms with Gasteiger partial charge in [-0.25, -0.2) is 4.98 Å². The number of carbonyl (C=O) groups is 1. The molecule has 0 unspecified atom stereocenters. The molecular weight excluding hydrogens is 310 g/mol. The summed E-state index contributed by atoms with van der Waals surface area (Å²) >= 11 is 0. The quantitative estimate of drug-likeness (QED) is 0.665. The van der Waals surface area contributed by atoms with Gasteiger partial charge in [0.25, 0.3) is 0 Å². The number of amides is 1. The van der Waals surface area contributed by atoms with Crippen molar-refractivity contribution in [3.05, 3.63) is 42.4 Å². The number of likely N-dealkylation sites (tertiary alicyclic amines) is 1. The number of nitrogens with one attached hydrogen (secondary N) is 1. The summed E-state index contributed by atoms with van der Waals surface area (Å²) in [7, 11) is 0. The zero-order valence-corrected chi connectivity index (χ0v) is 13.0. The molecule has 2 aromatic rings. The predicted molar refractivity (Wildman–Crippen MR) is 85.2 cm³/mol. The van der Waals surface area contributed by atoms with Crippen LogP contribution in [0.1, 0.15) is 24.7 Å². The van der Waals surface area contributed by atoms with Crippen molar-refractivity contribution in [1.29, 1.82) is 0 Å². The van der Waals surface area contributed by atoms with Gasteiger partial charge in [-0.15, -0.1) is 5.10 Å². The molecule has 1 saturated heterocycles. The van der Waals surface area contributed by atoms with Gasteiger partial charge in [-0.2, -0.15) is 5.10 Å². The predicted octanol–water partition coefficient (Wildman–Crippen LogP) is 0.0599. The van der Waals surface area contributed by atoms with Crippen LogP contribution in [0, 0.1) is 0 Å². The Morgan fingerprint density at radius 2 is 2.12 bits per heavy atom. The Balaban J connectivity index is 1.79. The van der Waals surface area contributed by atoms with Crippen LogP contribution in [0.5, 0.6) is 0 Å². The van der Waals surface area contributed by atoms with Gasteiger partial charge in [-0.05, 0) is 12.8 Å². The second kappa shape index (κ2) is 7.43. The second-order valence-corrected chi connectivity index (χ2v) is 5.57. The molecule has 24 heavy (non-hydrogen) atoms. The van der Waals surface area contributed by atoms with Crippen LogP contribution in [0.3, 0.4) is 0 Å². The maximum absolute atomic E-state index is 12.3. The SMILES string of the molecule is O=C(CNC(O)O)N1CCC[C@H]1c1nncc(-c2ccccc2)n1. The van der Waals surface area contributed by atoms with E-state index in [4.69, 9.17) is 10.2 Å². The third kappa shape index (κ3) is 3.73. The van der Waals surface area contributed by atoms with Crippen molar-refractivity contribution in [2.24, 2.45) is 0 Å². The number of hydrogen-bond acceptors (Lipinski definition) is 7. The molecule has 8 heteroatoms. The van der Waals surface area contributed by atoms with Gasteiger partial charge >= 0.3 is 0 Å². The van der Waals surface area contributed by atoms with Gasteiger partial charge in [0.2, 0.25) is 12.3 Å². The van der Waals surface area contributed by atoms with E-state index < -0.39 is 6.41 Å². The van der Waals surface area contributed by atoms with E-state index in [1.165, 1.54) is 0 Å². The minimum Gasteiger partial charge on any atom is -0.356 e.